The standard InChI is InChI=1S/C17H16BrFN2O2/c1-11-2-7-14(10-15(11)18)21-17(23)16(22)20-9-8-12-3-5-13(19)6-4-12/h2-7,10H,8-9H2,1H3,(H,20,22)(H,21,23). The minimum Gasteiger partial charge on any atom is -0.347 e. The smallest absolute Gasteiger partial charge is 0.313 e. The lowest BCUT2D eigenvalue weighted by Crippen LogP contribution is -2.36. The van der Waals surface area contributed by atoms with Crippen molar-refractivity contribution in [3.05, 3.63) is 63.9 Å². The second-order valence-electron chi connectivity index (χ2n) is 5.05. The Morgan fingerprint density at radius 2 is 1.78 bits per heavy atom. The lowest BCUT2D eigenvalue weighted by molar-refractivity contribution is -0.136. The van der Waals surface area contributed by atoms with Crippen LogP contribution < -0.4 is 10.6 Å². The minimum atomic E-state index is -0.722. The number of carbonyl (C=O) groups is 2. The summed E-state index contributed by atoms with van der Waals surface area (Å²) in [5, 5.41) is 5.07. The third kappa shape index (κ3) is 5.17. The molecule has 0 radical (unpaired) electrons. The van der Waals surface area contributed by atoms with Crippen LogP contribution >= 0.6 is 15.9 Å². The molecule has 23 heavy (non-hydrogen) atoms. The molecule has 0 saturated heterocycles. The van der Waals surface area contributed by atoms with E-state index in [1.165, 1.54) is 12.1 Å². The Morgan fingerprint density at radius 3 is 2.43 bits per heavy atom. The first-order valence-electron chi connectivity index (χ1n) is 7.05. The van der Waals surface area contributed by atoms with Gasteiger partial charge in [-0.15, -0.1) is 0 Å². The van der Waals surface area contributed by atoms with Crippen molar-refractivity contribution >= 4 is 33.4 Å². The van der Waals surface area contributed by atoms with Gasteiger partial charge in [-0.25, -0.2) is 4.39 Å². The molecule has 0 aliphatic heterocycles. The maximum Gasteiger partial charge on any atom is 0.313 e. The van der Waals surface area contributed by atoms with E-state index in [1.54, 1.807) is 24.3 Å². The fraction of sp³-hybridized carbons (Fsp3) is 0.176. The Hall–Kier alpha value is -2.21. The first-order valence-corrected chi connectivity index (χ1v) is 7.85. The second kappa shape index (κ2) is 7.87. The summed E-state index contributed by atoms with van der Waals surface area (Å²) in [4.78, 5) is 23.6. The van der Waals surface area contributed by atoms with Gasteiger partial charge >= 0.3 is 11.8 Å². The first kappa shape index (κ1) is 17.1. The maximum absolute atomic E-state index is 12.8. The van der Waals surface area contributed by atoms with Crippen molar-refractivity contribution in [2.75, 3.05) is 11.9 Å². The highest BCUT2D eigenvalue weighted by atomic mass is 79.9. The number of rotatable bonds is 4. The zero-order chi connectivity index (χ0) is 16.8. The Bertz CT molecular complexity index is 717. The van der Waals surface area contributed by atoms with Gasteiger partial charge in [0.1, 0.15) is 5.82 Å². The van der Waals surface area contributed by atoms with Crippen molar-refractivity contribution in [3.63, 3.8) is 0 Å². The Balaban J connectivity index is 1.81. The Kier molecular flexibility index (Phi) is 5.87. The summed E-state index contributed by atoms with van der Waals surface area (Å²) < 4.78 is 13.6. The van der Waals surface area contributed by atoms with E-state index < -0.39 is 11.8 Å². The molecule has 0 aliphatic rings. The molecule has 2 amide bonds. The SMILES string of the molecule is Cc1ccc(NC(=O)C(=O)NCCc2ccc(F)cc2)cc1Br. The average molecular weight is 379 g/mol. The molecule has 0 heterocycles. The molecule has 6 heteroatoms. The molecule has 120 valence electrons. The number of carbonyl (C=O) groups excluding carboxylic acids is 2. The van der Waals surface area contributed by atoms with Crippen LogP contribution in [0.3, 0.4) is 0 Å². The number of nitrogens with one attached hydrogen (secondary N) is 2. The van der Waals surface area contributed by atoms with Crippen molar-refractivity contribution < 1.29 is 14.0 Å². The fourth-order valence-electron chi connectivity index (χ4n) is 1.91. The van der Waals surface area contributed by atoms with Crippen molar-refractivity contribution in [1.82, 2.24) is 5.32 Å². The summed E-state index contributed by atoms with van der Waals surface area (Å²) >= 11 is 3.37. The molecule has 0 fully saturated rings. The van der Waals surface area contributed by atoms with Crippen molar-refractivity contribution in [2.24, 2.45) is 0 Å². The van der Waals surface area contributed by atoms with E-state index in [4.69, 9.17) is 0 Å². The molecule has 0 bridgehead atoms. The minimum absolute atomic E-state index is 0.301. The van der Waals surface area contributed by atoms with Crippen LogP contribution in [0.15, 0.2) is 46.9 Å². The van der Waals surface area contributed by atoms with Gasteiger partial charge in [0.25, 0.3) is 0 Å². The number of anilines is 1. The van der Waals surface area contributed by atoms with E-state index >= 15 is 0 Å². The van der Waals surface area contributed by atoms with Crippen LogP contribution in [-0.4, -0.2) is 18.4 Å². The predicted octanol–water partition coefficient (Wildman–Crippen LogP) is 3.19. The molecule has 4 nitrogen and oxygen atoms in total. The van der Waals surface area contributed by atoms with E-state index in [2.05, 4.69) is 26.6 Å². The number of hydrogen-bond acceptors (Lipinski definition) is 2. The topological polar surface area (TPSA) is 58.2 Å². The summed E-state index contributed by atoms with van der Waals surface area (Å²) in [6.07, 6.45) is 0.523. The average Bonchev–Trinajstić information content (AvgIpc) is 2.52. The van der Waals surface area contributed by atoms with Crippen LogP contribution in [0.5, 0.6) is 0 Å². The monoisotopic (exact) mass is 378 g/mol. The third-order valence-corrected chi connectivity index (χ3v) is 4.10. The summed E-state index contributed by atoms with van der Waals surface area (Å²) in [6.45, 7) is 2.23. The molecule has 0 aromatic heterocycles. The van der Waals surface area contributed by atoms with Crippen LogP contribution in [0.2, 0.25) is 0 Å². The van der Waals surface area contributed by atoms with E-state index in [0.717, 1.165) is 15.6 Å². The number of hydrogen-bond donors (Lipinski definition) is 2. The summed E-state index contributed by atoms with van der Waals surface area (Å²) in [5.74, 6) is -1.73. The highest BCUT2D eigenvalue weighted by Crippen LogP contribution is 2.20. The van der Waals surface area contributed by atoms with Gasteiger partial charge in [-0.2, -0.15) is 0 Å². The molecular weight excluding hydrogens is 363 g/mol. The zero-order valence-corrected chi connectivity index (χ0v) is 14.1. The molecule has 2 aromatic rings. The van der Waals surface area contributed by atoms with E-state index in [1.807, 2.05) is 13.0 Å². The van der Waals surface area contributed by atoms with Crippen LogP contribution in [0.1, 0.15) is 11.1 Å². The number of halogens is 2. The highest BCUT2D eigenvalue weighted by molar-refractivity contribution is 9.10. The predicted molar refractivity (Wildman–Crippen MR) is 90.6 cm³/mol. The van der Waals surface area contributed by atoms with E-state index in [9.17, 15) is 14.0 Å². The molecular formula is C17H16BrFN2O2. The van der Waals surface area contributed by atoms with Gasteiger partial charge in [-0.3, -0.25) is 9.59 Å². The van der Waals surface area contributed by atoms with Gasteiger partial charge in [0, 0.05) is 16.7 Å². The van der Waals surface area contributed by atoms with Gasteiger partial charge in [-0.1, -0.05) is 34.1 Å². The van der Waals surface area contributed by atoms with Gasteiger partial charge in [0.2, 0.25) is 0 Å². The van der Waals surface area contributed by atoms with E-state index in [0.29, 0.717) is 18.7 Å². The number of amides is 2. The van der Waals surface area contributed by atoms with Crippen LogP contribution in [-0.2, 0) is 16.0 Å². The van der Waals surface area contributed by atoms with Crippen LogP contribution in [0.25, 0.3) is 0 Å². The maximum atomic E-state index is 12.8. The third-order valence-electron chi connectivity index (χ3n) is 3.25. The molecule has 2 rings (SSSR count). The number of aryl methyl sites for hydroxylation is 1. The summed E-state index contributed by atoms with van der Waals surface area (Å²) in [6, 6.07) is 11.3. The summed E-state index contributed by atoms with van der Waals surface area (Å²) in [5.41, 5.74) is 2.46. The highest BCUT2D eigenvalue weighted by Gasteiger charge is 2.13. The lowest BCUT2D eigenvalue weighted by atomic mass is 10.1. The van der Waals surface area contributed by atoms with E-state index in [-0.39, 0.29) is 5.82 Å². The molecule has 0 saturated carbocycles. The second-order valence-corrected chi connectivity index (χ2v) is 5.90. The Labute approximate surface area is 142 Å². The Morgan fingerprint density at radius 1 is 1.09 bits per heavy atom. The molecule has 0 spiro atoms. The quantitative estimate of drug-likeness (QED) is 0.802. The van der Waals surface area contributed by atoms with Gasteiger partial charge in [0.05, 0.1) is 0 Å². The summed E-state index contributed by atoms with van der Waals surface area (Å²) in [7, 11) is 0. The lowest BCUT2D eigenvalue weighted by Gasteiger charge is -2.08. The molecule has 0 atom stereocenters. The van der Waals surface area contributed by atoms with Crippen molar-refractivity contribution in [3.8, 4) is 0 Å². The largest absolute Gasteiger partial charge is 0.347 e. The van der Waals surface area contributed by atoms with Gasteiger partial charge in [0.15, 0.2) is 0 Å². The first-order chi connectivity index (χ1) is 11.0. The van der Waals surface area contributed by atoms with Crippen molar-refractivity contribution in [2.45, 2.75) is 13.3 Å². The molecule has 2 aromatic carbocycles. The molecule has 2 N–H and O–H groups in total. The van der Waals surface area contributed by atoms with Crippen molar-refractivity contribution in [1.29, 1.82) is 0 Å². The van der Waals surface area contributed by atoms with Gasteiger partial charge in [-0.05, 0) is 48.7 Å². The van der Waals surface area contributed by atoms with Crippen LogP contribution in [0.4, 0.5) is 10.1 Å². The number of benzene rings is 2. The zero-order valence-electron chi connectivity index (χ0n) is 12.5. The normalized spacial score (nSPS) is 10.2. The molecule has 0 unspecified atom stereocenters. The molecule has 0 aliphatic carbocycles. The fourth-order valence-corrected chi connectivity index (χ4v) is 2.29. The van der Waals surface area contributed by atoms with Crippen LogP contribution in [0, 0.1) is 12.7 Å². The van der Waals surface area contributed by atoms with Gasteiger partial charge < -0.3 is 10.6 Å².